The van der Waals surface area contributed by atoms with Crippen LogP contribution in [0.5, 0.6) is 0 Å². The monoisotopic (exact) mass is 1480 g/mol. The van der Waals surface area contributed by atoms with Crippen LogP contribution in [0.2, 0.25) is 0 Å². The lowest BCUT2D eigenvalue weighted by atomic mass is 9.71. The van der Waals surface area contributed by atoms with Gasteiger partial charge >= 0.3 is 0 Å². The molecule has 6 aliphatic rings. The van der Waals surface area contributed by atoms with E-state index in [1.165, 1.54) is 115 Å². The first-order valence-corrected chi connectivity index (χ1v) is 42.4. The quantitative estimate of drug-likeness (QED) is 0.113. The lowest BCUT2D eigenvalue weighted by molar-refractivity contribution is 0.200. The van der Waals surface area contributed by atoms with Crippen LogP contribution >= 0.6 is 0 Å². The predicted octanol–water partition coefficient (Wildman–Crippen LogP) is 25.2. The normalized spacial score (nSPS) is 15.3. The molecule has 0 saturated heterocycles. The first-order chi connectivity index (χ1) is 51.6. The SMILES string of the molecule is CC.CC.CC.CC.CC.CC.CC.CC(C)(C)C1CCc2cc3c(nc2C1)NCCC3.CC(C)(C)C1CCc2cccnc2N1.CC(C)(C)c1ccc2c(n1)NCCC2.CC(C)(C)c1nc2ccccc2[nH]1.CC(C)N1CCc2cc3c(nc2C1)NCCC3.CC(C)c1ccccn1.CC(C)c1ccncn1. The summed E-state index contributed by atoms with van der Waals surface area (Å²) in [5.74, 6) is 7.37. The van der Waals surface area contributed by atoms with Crippen LogP contribution in [0.25, 0.3) is 11.0 Å². The van der Waals surface area contributed by atoms with E-state index in [4.69, 9.17) is 9.97 Å². The zero-order valence-corrected chi connectivity index (χ0v) is 74.8. The van der Waals surface area contributed by atoms with E-state index < -0.39 is 0 Å². The lowest BCUT2D eigenvalue weighted by Gasteiger charge is -2.35. The third-order valence-corrected chi connectivity index (χ3v) is 18.7. The van der Waals surface area contributed by atoms with E-state index in [0.717, 1.165) is 103 Å². The minimum Gasteiger partial charge on any atom is -0.370 e. The second-order valence-electron chi connectivity index (χ2n) is 31.5. The van der Waals surface area contributed by atoms with Gasteiger partial charge < -0.3 is 26.3 Å². The van der Waals surface area contributed by atoms with Gasteiger partial charge in [0.1, 0.15) is 35.4 Å². The lowest BCUT2D eigenvalue weighted by Crippen LogP contribution is -2.37. The van der Waals surface area contributed by atoms with Gasteiger partial charge in [0.05, 0.1) is 16.7 Å². The fraction of sp³-hybridized carbons (Fsp3) is 0.617. The Kier molecular flexibility index (Phi) is 47.5. The van der Waals surface area contributed by atoms with Crippen molar-refractivity contribution in [3.8, 4) is 0 Å². The summed E-state index contributed by atoms with van der Waals surface area (Å²) in [4.78, 5) is 41.2. The number of nitrogens with zero attached hydrogens (tertiary/aromatic N) is 9. The fourth-order valence-corrected chi connectivity index (χ4v) is 12.4. The average Bonchev–Trinajstić information content (AvgIpc) is 1.000. The molecule has 0 radical (unpaired) electrons. The van der Waals surface area contributed by atoms with E-state index >= 15 is 0 Å². The Morgan fingerprint density at radius 3 is 1.42 bits per heavy atom. The van der Waals surface area contributed by atoms with Gasteiger partial charge in [-0.3, -0.25) is 9.88 Å². The van der Waals surface area contributed by atoms with E-state index in [0.29, 0.717) is 34.7 Å². The molecule has 0 fully saturated rings. The van der Waals surface area contributed by atoms with Gasteiger partial charge in [0.15, 0.2) is 0 Å². The molecule has 14 heteroatoms. The number of anilines is 4. The smallest absolute Gasteiger partial charge is 0.129 e. The molecule has 14 nitrogen and oxygen atoms in total. The highest BCUT2D eigenvalue weighted by molar-refractivity contribution is 5.75. The molecule has 2 atom stereocenters. The van der Waals surface area contributed by atoms with Crippen molar-refractivity contribution in [1.29, 1.82) is 0 Å². The maximum atomic E-state index is 4.91. The number of rotatable bonds is 3. The third-order valence-electron chi connectivity index (χ3n) is 18.7. The number of imidazole rings is 1. The first kappa shape index (κ1) is 98.7. The summed E-state index contributed by atoms with van der Waals surface area (Å²) >= 11 is 0. The van der Waals surface area contributed by atoms with Crippen molar-refractivity contribution in [3.05, 3.63) is 178 Å². The Morgan fingerprint density at radius 2 is 0.935 bits per heavy atom. The van der Waals surface area contributed by atoms with Gasteiger partial charge in [-0.2, -0.15) is 0 Å². The number of hydrogen-bond donors (Lipinski definition) is 5. The molecule has 7 aromatic heterocycles. The van der Waals surface area contributed by atoms with Crippen molar-refractivity contribution >= 4 is 34.3 Å². The van der Waals surface area contributed by atoms with Crippen LogP contribution < -0.4 is 21.3 Å². The number of hydrogen-bond acceptors (Lipinski definition) is 13. The fourth-order valence-electron chi connectivity index (χ4n) is 12.4. The summed E-state index contributed by atoms with van der Waals surface area (Å²) in [6.45, 7) is 73.4. The summed E-state index contributed by atoms with van der Waals surface area (Å²) < 4.78 is 0. The Bertz CT molecular complexity index is 3550. The van der Waals surface area contributed by atoms with E-state index in [9.17, 15) is 0 Å². The molecular formula is C94H158N14. The number of nitrogens with one attached hydrogen (secondary N) is 5. The zero-order valence-electron chi connectivity index (χ0n) is 74.8. The number of para-hydroxylation sites is 2. The van der Waals surface area contributed by atoms with Gasteiger partial charge in [-0.15, -0.1) is 0 Å². The highest BCUT2D eigenvalue weighted by atomic mass is 15.2. The number of fused-ring (bicyclic) bond motifs is 7. The largest absolute Gasteiger partial charge is 0.370 e. The van der Waals surface area contributed by atoms with Gasteiger partial charge in [0.2, 0.25) is 0 Å². The molecule has 12 heterocycles. The summed E-state index contributed by atoms with van der Waals surface area (Å²) in [5.41, 5.74) is 17.8. The molecule has 0 amide bonds. The first-order valence-electron chi connectivity index (χ1n) is 42.4. The van der Waals surface area contributed by atoms with Crippen LogP contribution in [0, 0.1) is 16.7 Å². The van der Waals surface area contributed by atoms with Crippen molar-refractivity contribution in [2.75, 3.05) is 47.4 Å². The number of aromatic amines is 1. The Labute approximate surface area is 662 Å². The summed E-state index contributed by atoms with van der Waals surface area (Å²) in [5, 5.41) is 13.8. The molecule has 0 spiro atoms. The Hall–Kier alpha value is -7.32. The molecule has 604 valence electrons. The molecule has 5 N–H and O–H groups in total. The van der Waals surface area contributed by atoms with Gasteiger partial charge in [0.25, 0.3) is 0 Å². The second-order valence-corrected chi connectivity index (χ2v) is 31.5. The Balaban J connectivity index is 0.000000619. The van der Waals surface area contributed by atoms with Crippen LogP contribution in [0.1, 0.15) is 333 Å². The van der Waals surface area contributed by atoms with Gasteiger partial charge in [0, 0.05) is 97.0 Å². The highest BCUT2D eigenvalue weighted by Crippen LogP contribution is 2.39. The number of pyridine rings is 5. The third kappa shape index (κ3) is 33.5. The van der Waals surface area contributed by atoms with Crippen LogP contribution in [-0.4, -0.2) is 88.0 Å². The van der Waals surface area contributed by atoms with Crippen LogP contribution in [-0.2, 0) is 62.3 Å². The molecule has 14 rings (SSSR count). The van der Waals surface area contributed by atoms with Gasteiger partial charge in [-0.25, -0.2) is 34.9 Å². The molecular weight excluding hydrogens is 1330 g/mol. The van der Waals surface area contributed by atoms with Crippen LogP contribution in [0.4, 0.5) is 23.3 Å². The zero-order chi connectivity index (χ0) is 81.8. The van der Waals surface area contributed by atoms with E-state index in [1.54, 1.807) is 12.5 Å². The topological polar surface area (TPSA) is 170 Å². The van der Waals surface area contributed by atoms with Crippen molar-refractivity contribution in [2.45, 2.75) is 340 Å². The molecule has 0 bridgehead atoms. The summed E-state index contributed by atoms with van der Waals surface area (Å²) in [7, 11) is 0. The molecule has 8 aromatic rings. The molecule has 1 aromatic carbocycles. The van der Waals surface area contributed by atoms with E-state index in [-0.39, 0.29) is 10.8 Å². The predicted molar refractivity (Wildman–Crippen MR) is 474 cm³/mol. The molecule has 108 heavy (non-hydrogen) atoms. The van der Waals surface area contributed by atoms with Crippen molar-refractivity contribution in [2.24, 2.45) is 16.7 Å². The molecule has 1 aliphatic carbocycles. The summed E-state index contributed by atoms with van der Waals surface area (Å²) in [6.07, 6.45) is 21.5. The van der Waals surface area contributed by atoms with Crippen molar-refractivity contribution < 1.29 is 0 Å². The van der Waals surface area contributed by atoms with Crippen LogP contribution in [0.15, 0.2) is 110 Å². The Morgan fingerprint density at radius 1 is 0.426 bits per heavy atom. The van der Waals surface area contributed by atoms with E-state index in [1.807, 2.05) is 158 Å². The van der Waals surface area contributed by atoms with Gasteiger partial charge in [-0.1, -0.05) is 250 Å². The maximum absolute atomic E-state index is 4.91. The number of benzene rings is 1. The van der Waals surface area contributed by atoms with Crippen molar-refractivity contribution in [1.82, 2.24) is 49.8 Å². The van der Waals surface area contributed by atoms with Gasteiger partial charge in [-0.05, 0) is 195 Å². The standard InChI is InChI=1S/C16H24N2.C14H21N3.2C12H18N2.C11H14N2.C8H11N.C7H10N2.7C2H6/c1-16(2,3)13-7-6-11-9-12-5-4-8-17-15(12)18-14(11)10-13;1-10(2)17-7-5-11-8-12-4-3-6-15-14(12)16-13(11)9-17;2*1-12(2,3)10-7-6-9-5-4-8-13-11(9)14-10;1-11(2,3)10-12-8-6-4-5-7-9(8)13-10;1-7(2)8-5-3-4-6-9-8;1-6(2)7-3-4-8-5-9-7;7*1-2/h9,13H,4-8,10H2,1-3H3,(H,17,18);8,10H,3-7,9H2,1-2H3,(H,15,16);6-7H,4-5,8H2,1-3H3,(H,13,14);4-5,8,10H,6-7H2,1-3H3,(H,13,14);4-7H,1-3H3,(H,12,13);3-7H,1-2H3;3-6H,1-2H3;7*1-2H3. The molecule has 2 unspecified atom stereocenters. The van der Waals surface area contributed by atoms with E-state index in [2.05, 4.69) is 222 Å². The number of aromatic nitrogens is 9. The second kappa shape index (κ2) is 52.0. The minimum atomic E-state index is 0.0962. The number of H-pyrrole nitrogens is 1. The molecule has 5 aliphatic heterocycles. The maximum Gasteiger partial charge on any atom is 0.129 e. The average molecular weight is 1480 g/mol. The highest BCUT2D eigenvalue weighted by Gasteiger charge is 2.32. The minimum absolute atomic E-state index is 0.0962. The number of aryl methyl sites for hydroxylation is 5. The van der Waals surface area contributed by atoms with Crippen molar-refractivity contribution in [3.63, 3.8) is 0 Å². The molecule has 0 saturated carbocycles. The summed E-state index contributed by atoms with van der Waals surface area (Å²) in [6, 6.07) is 30.6. The van der Waals surface area contributed by atoms with Crippen LogP contribution in [0.3, 0.4) is 0 Å².